The van der Waals surface area contributed by atoms with Crippen LogP contribution in [0.2, 0.25) is 0 Å². The molecule has 0 unspecified atom stereocenters. The lowest BCUT2D eigenvalue weighted by molar-refractivity contribution is -0.384. The largest absolute Gasteiger partial charge is 0.478 e. The van der Waals surface area contributed by atoms with Crippen LogP contribution in [-0.2, 0) is 12.8 Å². The maximum Gasteiger partial charge on any atom is 0.335 e. The van der Waals surface area contributed by atoms with Gasteiger partial charge in [-0.2, -0.15) is 0 Å². The molecule has 0 aromatic heterocycles. The standard InChI is InChI=1S/C14H20O2.C12H17NO2/c1-14(2,3)9-5-7-11-6-4-8-12(10-11)13(15)16;1-12(2,3)9-8-10-4-6-11(7-5-10)13(14)15/h4,6,8,10H,5,7,9H2,1-3H3,(H,15,16);4-7H,8-9H2,1-3H3. The molecule has 0 heterocycles. The molecular formula is C26H37NO4. The van der Waals surface area contributed by atoms with E-state index in [0.717, 1.165) is 43.2 Å². The molecule has 170 valence electrons. The Hall–Kier alpha value is -2.69. The predicted molar refractivity (Wildman–Crippen MR) is 127 cm³/mol. The van der Waals surface area contributed by atoms with Gasteiger partial charge in [0.1, 0.15) is 0 Å². The Morgan fingerprint density at radius 2 is 1.45 bits per heavy atom. The molecule has 0 fully saturated rings. The van der Waals surface area contributed by atoms with E-state index in [1.165, 1.54) is 0 Å². The van der Waals surface area contributed by atoms with Crippen LogP contribution in [0, 0.1) is 20.9 Å². The van der Waals surface area contributed by atoms with Crippen LogP contribution in [0.15, 0.2) is 48.5 Å². The van der Waals surface area contributed by atoms with Crippen LogP contribution in [0.25, 0.3) is 0 Å². The summed E-state index contributed by atoms with van der Waals surface area (Å²) in [4.78, 5) is 20.9. The summed E-state index contributed by atoms with van der Waals surface area (Å²) in [5.41, 5.74) is 3.48. The summed E-state index contributed by atoms with van der Waals surface area (Å²) in [6, 6.07) is 14.0. The topological polar surface area (TPSA) is 80.4 Å². The molecule has 0 saturated carbocycles. The second-order valence-electron chi connectivity index (χ2n) is 10.4. The van der Waals surface area contributed by atoms with Gasteiger partial charge in [-0.3, -0.25) is 10.1 Å². The number of rotatable bonds is 7. The maximum atomic E-state index is 10.8. The number of hydrogen-bond acceptors (Lipinski definition) is 3. The number of aromatic carboxylic acids is 1. The van der Waals surface area contributed by atoms with Crippen molar-refractivity contribution in [2.45, 2.75) is 73.6 Å². The number of benzene rings is 2. The zero-order valence-corrected chi connectivity index (χ0v) is 19.8. The first kappa shape index (κ1) is 26.3. The molecule has 0 amide bonds. The van der Waals surface area contributed by atoms with Crippen molar-refractivity contribution in [3.8, 4) is 0 Å². The molecule has 5 heteroatoms. The number of carboxylic acid groups (broad SMARTS) is 1. The van der Waals surface area contributed by atoms with Gasteiger partial charge in [0.25, 0.3) is 5.69 Å². The second-order valence-corrected chi connectivity index (χ2v) is 10.4. The van der Waals surface area contributed by atoms with E-state index < -0.39 is 5.97 Å². The third-order valence-electron chi connectivity index (χ3n) is 4.88. The first-order valence-electron chi connectivity index (χ1n) is 10.8. The summed E-state index contributed by atoms with van der Waals surface area (Å²) in [6.07, 6.45) is 5.28. The summed E-state index contributed by atoms with van der Waals surface area (Å²) in [6.45, 7) is 13.2. The van der Waals surface area contributed by atoms with Crippen molar-refractivity contribution in [2.24, 2.45) is 10.8 Å². The van der Waals surface area contributed by atoms with Gasteiger partial charge < -0.3 is 5.11 Å². The first-order chi connectivity index (χ1) is 14.3. The van der Waals surface area contributed by atoms with Crippen molar-refractivity contribution in [1.82, 2.24) is 0 Å². The van der Waals surface area contributed by atoms with Gasteiger partial charge in [0.2, 0.25) is 0 Å². The van der Waals surface area contributed by atoms with Crippen LogP contribution in [-0.4, -0.2) is 16.0 Å². The quantitative estimate of drug-likeness (QED) is 0.370. The Morgan fingerprint density at radius 3 is 1.94 bits per heavy atom. The van der Waals surface area contributed by atoms with E-state index in [0.29, 0.717) is 16.4 Å². The Kier molecular flexibility index (Phi) is 9.89. The second kappa shape index (κ2) is 11.6. The van der Waals surface area contributed by atoms with E-state index in [1.807, 2.05) is 24.3 Å². The molecule has 31 heavy (non-hydrogen) atoms. The Labute approximate surface area is 186 Å². The number of non-ortho nitro benzene ring substituents is 1. The molecule has 0 spiro atoms. The summed E-state index contributed by atoms with van der Waals surface area (Å²) >= 11 is 0. The van der Waals surface area contributed by atoms with Gasteiger partial charge in [-0.1, -0.05) is 65.8 Å². The van der Waals surface area contributed by atoms with Gasteiger partial charge in [0, 0.05) is 12.1 Å². The smallest absolute Gasteiger partial charge is 0.335 e. The highest BCUT2D eigenvalue weighted by Crippen LogP contribution is 2.23. The molecule has 0 aliphatic rings. The van der Waals surface area contributed by atoms with E-state index in [4.69, 9.17) is 5.11 Å². The summed E-state index contributed by atoms with van der Waals surface area (Å²) in [5, 5.41) is 19.3. The minimum Gasteiger partial charge on any atom is -0.478 e. The molecule has 2 aromatic carbocycles. The van der Waals surface area contributed by atoms with Crippen molar-refractivity contribution >= 4 is 11.7 Å². The van der Waals surface area contributed by atoms with Crippen LogP contribution in [0.3, 0.4) is 0 Å². The molecule has 2 rings (SSSR count). The maximum absolute atomic E-state index is 10.8. The lowest BCUT2D eigenvalue weighted by Gasteiger charge is -2.17. The van der Waals surface area contributed by atoms with E-state index in [1.54, 1.807) is 24.3 Å². The molecule has 2 aromatic rings. The zero-order valence-electron chi connectivity index (χ0n) is 19.8. The van der Waals surface area contributed by atoms with Gasteiger partial charge in [-0.15, -0.1) is 0 Å². The summed E-state index contributed by atoms with van der Waals surface area (Å²) < 4.78 is 0. The zero-order chi connectivity index (χ0) is 23.7. The first-order valence-corrected chi connectivity index (χ1v) is 10.8. The van der Waals surface area contributed by atoms with E-state index >= 15 is 0 Å². The molecule has 5 nitrogen and oxygen atoms in total. The molecule has 0 bridgehead atoms. The fourth-order valence-corrected chi connectivity index (χ4v) is 2.99. The van der Waals surface area contributed by atoms with Gasteiger partial charge in [-0.25, -0.2) is 4.79 Å². The van der Waals surface area contributed by atoms with Gasteiger partial charge >= 0.3 is 5.97 Å². The normalized spacial score (nSPS) is 11.4. The van der Waals surface area contributed by atoms with Crippen LogP contribution in [0.4, 0.5) is 5.69 Å². The summed E-state index contributed by atoms with van der Waals surface area (Å²) in [5.74, 6) is -0.849. The highest BCUT2D eigenvalue weighted by atomic mass is 16.6. The minimum absolute atomic E-state index is 0.162. The molecule has 0 atom stereocenters. The minimum atomic E-state index is -0.849. The predicted octanol–water partition coefficient (Wildman–Crippen LogP) is 7.33. The number of aryl methyl sites for hydroxylation is 2. The van der Waals surface area contributed by atoms with Crippen molar-refractivity contribution in [3.05, 3.63) is 75.3 Å². The van der Waals surface area contributed by atoms with Crippen LogP contribution < -0.4 is 0 Å². The fraction of sp³-hybridized carbons (Fsp3) is 0.500. The van der Waals surface area contributed by atoms with Gasteiger partial charge in [-0.05, 0) is 66.2 Å². The average Bonchev–Trinajstić information content (AvgIpc) is 2.66. The number of carboxylic acids is 1. The fourth-order valence-electron chi connectivity index (χ4n) is 2.99. The van der Waals surface area contributed by atoms with E-state index in [2.05, 4.69) is 41.5 Å². The molecule has 0 radical (unpaired) electrons. The third kappa shape index (κ3) is 11.9. The number of carbonyl (C=O) groups is 1. The number of nitro benzene ring substituents is 1. The highest BCUT2D eigenvalue weighted by Gasteiger charge is 2.11. The number of hydrogen-bond donors (Lipinski definition) is 1. The highest BCUT2D eigenvalue weighted by molar-refractivity contribution is 5.87. The molecule has 1 N–H and O–H groups in total. The lowest BCUT2D eigenvalue weighted by atomic mass is 9.89. The SMILES string of the molecule is CC(C)(C)CCCc1cccc(C(=O)O)c1.CC(C)(C)CCc1ccc([N+](=O)[O-])cc1. The van der Waals surface area contributed by atoms with Crippen molar-refractivity contribution in [2.75, 3.05) is 0 Å². The van der Waals surface area contributed by atoms with E-state index in [9.17, 15) is 14.9 Å². The van der Waals surface area contributed by atoms with Crippen molar-refractivity contribution in [3.63, 3.8) is 0 Å². The van der Waals surface area contributed by atoms with Crippen LogP contribution in [0.1, 0.15) is 82.3 Å². The molecule has 0 aliphatic heterocycles. The van der Waals surface area contributed by atoms with Crippen molar-refractivity contribution in [1.29, 1.82) is 0 Å². The Morgan fingerprint density at radius 1 is 0.871 bits per heavy atom. The monoisotopic (exact) mass is 427 g/mol. The molecule has 0 saturated heterocycles. The third-order valence-corrected chi connectivity index (χ3v) is 4.88. The Balaban J connectivity index is 0.000000311. The number of nitrogens with zero attached hydrogens (tertiary/aromatic N) is 1. The lowest BCUT2D eigenvalue weighted by Crippen LogP contribution is -2.06. The van der Waals surface area contributed by atoms with Crippen molar-refractivity contribution < 1.29 is 14.8 Å². The van der Waals surface area contributed by atoms with Crippen LogP contribution in [0.5, 0.6) is 0 Å². The Bertz CT molecular complexity index is 843. The van der Waals surface area contributed by atoms with Crippen LogP contribution >= 0.6 is 0 Å². The van der Waals surface area contributed by atoms with Gasteiger partial charge in [0.15, 0.2) is 0 Å². The number of nitro groups is 1. The molecule has 0 aliphatic carbocycles. The van der Waals surface area contributed by atoms with Gasteiger partial charge in [0.05, 0.1) is 10.5 Å². The molecular weight excluding hydrogens is 390 g/mol. The summed E-state index contributed by atoms with van der Waals surface area (Å²) in [7, 11) is 0. The average molecular weight is 428 g/mol. The van der Waals surface area contributed by atoms with E-state index in [-0.39, 0.29) is 10.6 Å².